The van der Waals surface area contributed by atoms with Gasteiger partial charge in [0.15, 0.2) is 0 Å². The van der Waals surface area contributed by atoms with Gasteiger partial charge in [-0.25, -0.2) is 25.9 Å². The Hall–Kier alpha value is -1.79. The van der Waals surface area contributed by atoms with E-state index in [-0.39, 0.29) is 35.3 Å². The molecule has 2 aliphatic heterocycles. The minimum atomic E-state index is -3.82. The molecule has 4 rings (SSSR count). The number of nitrogens with one attached hydrogen (secondary N) is 1. The Balaban J connectivity index is 1.54. The molecule has 32 heavy (non-hydrogen) atoms. The average Bonchev–Trinajstić information content (AvgIpc) is 3.36. The Bertz CT molecular complexity index is 1190. The first-order valence-electron chi connectivity index (χ1n) is 10.6. The molecular formula is C21H27N3O5S3. The number of nitrogens with zero attached hydrogens (tertiary/aromatic N) is 2. The Labute approximate surface area is 193 Å². The quantitative estimate of drug-likeness (QED) is 0.631. The molecule has 1 N–H and O–H groups in total. The highest BCUT2D eigenvalue weighted by Crippen LogP contribution is 2.30. The van der Waals surface area contributed by atoms with Crippen molar-refractivity contribution in [3.63, 3.8) is 0 Å². The third-order valence-corrected chi connectivity index (χ3v) is 10.2. The second-order valence-corrected chi connectivity index (χ2v) is 12.8. The summed E-state index contributed by atoms with van der Waals surface area (Å²) >= 11 is 1.62. The van der Waals surface area contributed by atoms with Crippen molar-refractivity contribution in [3.8, 4) is 0 Å². The monoisotopic (exact) mass is 497 g/mol. The van der Waals surface area contributed by atoms with Crippen molar-refractivity contribution in [2.75, 3.05) is 29.7 Å². The van der Waals surface area contributed by atoms with Crippen molar-refractivity contribution in [1.82, 2.24) is 9.62 Å². The molecule has 1 aromatic carbocycles. The standard InChI is InChI=1S/C21H27N3O5S3/c1-16-14-17(24-21(25)9-13-31(24,26)27)7-8-20(16)32(28,29)22-15-18(19-6-5-12-30-19)23-10-3-2-4-11-23/h5-8,12,14,18,22H,2-4,9-11,13,15H2,1H3. The van der Waals surface area contributed by atoms with Gasteiger partial charge < -0.3 is 0 Å². The van der Waals surface area contributed by atoms with Crippen molar-refractivity contribution in [1.29, 1.82) is 0 Å². The van der Waals surface area contributed by atoms with Gasteiger partial charge in [0.2, 0.25) is 26.0 Å². The molecular weight excluding hydrogens is 470 g/mol. The van der Waals surface area contributed by atoms with Gasteiger partial charge in [-0.3, -0.25) is 9.69 Å². The van der Waals surface area contributed by atoms with E-state index < -0.39 is 26.0 Å². The molecule has 0 spiro atoms. The zero-order valence-electron chi connectivity index (χ0n) is 17.9. The third kappa shape index (κ3) is 4.76. The van der Waals surface area contributed by atoms with Crippen LogP contribution >= 0.6 is 11.3 Å². The Morgan fingerprint density at radius 1 is 1.16 bits per heavy atom. The second-order valence-electron chi connectivity index (χ2n) is 8.15. The zero-order valence-corrected chi connectivity index (χ0v) is 20.3. The molecule has 0 radical (unpaired) electrons. The largest absolute Gasteiger partial charge is 0.294 e. The third-order valence-electron chi connectivity index (χ3n) is 5.93. The van der Waals surface area contributed by atoms with E-state index in [4.69, 9.17) is 0 Å². The first kappa shape index (κ1) is 23.4. The summed E-state index contributed by atoms with van der Waals surface area (Å²) in [6, 6.07) is 8.17. The van der Waals surface area contributed by atoms with Crippen molar-refractivity contribution in [2.24, 2.45) is 0 Å². The molecule has 2 aromatic rings. The van der Waals surface area contributed by atoms with Crippen LogP contribution in [0.4, 0.5) is 5.69 Å². The summed E-state index contributed by atoms with van der Waals surface area (Å²) in [5.41, 5.74) is 0.560. The van der Waals surface area contributed by atoms with Crippen LogP contribution in [0.25, 0.3) is 0 Å². The highest BCUT2D eigenvalue weighted by atomic mass is 32.2. The van der Waals surface area contributed by atoms with Crippen LogP contribution in [-0.2, 0) is 24.8 Å². The van der Waals surface area contributed by atoms with Gasteiger partial charge in [-0.1, -0.05) is 12.5 Å². The van der Waals surface area contributed by atoms with E-state index in [1.165, 1.54) is 24.6 Å². The maximum atomic E-state index is 13.1. The molecule has 0 aliphatic carbocycles. The topological polar surface area (TPSA) is 104 Å². The van der Waals surface area contributed by atoms with Crippen LogP contribution in [0.2, 0.25) is 0 Å². The van der Waals surface area contributed by atoms with Gasteiger partial charge in [0.05, 0.1) is 22.4 Å². The fourth-order valence-corrected chi connectivity index (χ4v) is 7.89. The molecule has 11 heteroatoms. The number of likely N-dealkylation sites (tertiary alicyclic amines) is 1. The number of amides is 1. The molecule has 0 bridgehead atoms. The Morgan fingerprint density at radius 2 is 1.91 bits per heavy atom. The number of aryl methyl sites for hydroxylation is 1. The van der Waals surface area contributed by atoms with Gasteiger partial charge in [0.25, 0.3) is 0 Å². The van der Waals surface area contributed by atoms with E-state index >= 15 is 0 Å². The molecule has 1 atom stereocenters. The molecule has 0 saturated carbocycles. The van der Waals surface area contributed by atoms with Crippen LogP contribution in [0.15, 0.2) is 40.6 Å². The van der Waals surface area contributed by atoms with E-state index in [9.17, 15) is 21.6 Å². The summed E-state index contributed by atoms with van der Waals surface area (Å²) in [6.45, 7) is 3.74. The molecule has 1 amide bonds. The van der Waals surface area contributed by atoms with Crippen LogP contribution < -0.4 is 9.03 Å². The molecule has 1 unspecified atom stereocenters. The number of hydrogen-bond acceptors (Lipinski definition) is 7. The predicted octanol–water partition coefficient (Wildman–Crippen LogP) is 2.63. The molecule has 2 fully saturated rings. The molecule has 174 valence electrons. The van der Waals surface area contributed by atoms with E-state index in [1.807, 2.05) is 17.5 Å². The lowest BCUT2D eigenvalue weighted by Crippen LogP contribution is -2.40. The normalized spacial score (nSPS) is 20.5. The van der Waals surface area contributed by atoms with Gasteiger partial charge in [-0.2, -0.15) is 0 Å². The van der Waals surface area contributed by atoms with Crippen molar-refractivity contribution < 1.29 is 21.6 Å². The van der Waals surface area contributed by atoms with Crippen LogP contribution in [0.3, 0.4) is 0 Å². The van der Waals surface area contributed by atoms with E-state index in [0.29, 0.717) is 5.56 Å². The highest BCUT2D eigenvalue weighted by molar-refractivity contribution is 7.94. The molecule has 3 heterocycles. The van der Waals surface area contributed by atoms with Gasteiger partial charge in [0.1, 0.15) is 0 Å². The predicted molar refractivity (Wildman–Crippen MR) is 125 cm³/mol. The summed E-state index contributed by atoms with van der Waals surface area (Å²) in [7, 11) is -7.52. The van der Waals surface area contributed by atoms with Crippen LogP contribution in [-0.4, -0.2) is 53.0 Å². The van der Waals surface area contributed by atoms with Crippen LogP contribution in [0, 0.1) is 6.92 Å². The number of anilines is 1. The summed E-state index contributed by atoms with van der Waals surface area (Å²) in [5, 5.41) is 2.00. The van der Waals surface area contributed by atoms with E-state index in [2.05, 4.69) is 9.62 Å². The van der Waals surface area contributed by atoms with E-state index in [1.54, 1.807) is 18.3 Å². The van der Waals surface area contributed by atoms with Crippen molar-refractivity contribution in [3.05, 3.63) is 46.2 Å². The Morgan fingerprint density at radius 3 is 2.50 bits per heavy atom. The number of hydrogen-bond donors (Lipinski definition) is 1. The minimum Gasteiger partial charge on any atom is -0.294 e. The summed E-state index contributed by atoms with van der Waals surface area (Å²) in [4.78, 5) is 15.6. The maximum absolute atomic E-state index is 13.1. The number of thiophene rings is 1. The molecule has 1 aromatic heterocycles. The second kappa shape index (κ2) is 9.22. The number of piperidine rings is 1. The number of carbonyl (C=O) groups excluding carboxylic acids is 1. The van der Waals surface area contributed by atoms with Crippen molar-refractivity contribution in [2.45, 2.75) is 43.5 Å². The number of carbonyl (C=O) groups is 1. The van der Waals surface area contributed by atoms with Gasteiger partial charge >= 0.3 is 0 Å². The number of benzene rings is 1. The highest BCUT2D eigenvalue weighted by Gasteiger charge is 2.36. The summed E-state index contributed by atoms with van der Waals surface area (Å²) < 4.78 is 54.1. The first-order valence-corrected chi connectivity index (χ1v) is 14.6. The van der Waals surface area contributed by atoms with Crippen LogP contribution in [0.1, 0.15) is 42.2 Å². The first-order chi connectivity index (χ1) is 15.2. The fraction of sp³-hybridized carbons (Fsp3) is 0.476. The summed E-state index contributed by atoms with van der Waals surface area (Å²) in [5.74, 6) is -0.731. The Kier molecular flexibility index (Phi) is 6.73. The van der Waals surface area contributed by atoms with Gasteiger partial charge in [-0.15, -0.1) is 11.3 Å². The number of sulfonamides is 2. The lowest BCUT2D eigenvalue weighted by atomic mass is 10.1. The number of rotatable bonds is 7. The van der Waals surface area contributed by atoms with E-state index in [0.717, 1.165) is 35.1 Å². The molecule has 2 aliphatic rings. The van der Waals surface area contributed by atoms with Gasteiger partial charge in [-0.05, 0) is 68.1 Å². The lowest BCUT2D eigenvalue weighted by Gasteiger charge is -2.34. The zero-order chi connectivity index (χ0) is 22.9. The summed E-state index contributed by atoms with van der Waals surface area (Å²) in [6.07, 6.45) is 3.34. The average molecular weight is 498 g/mol. The smallest absolute Gasteiger partial charge is 0.242 e. The van der Waals surface area contributed by atoms with Crippen LogP contribution in [0.5, 0.6) is 0 Å². The van der Waals surface area contributed by atoms with Gasteiger partial charge in [0, 0.05) is 17.8 Å². The lowest BCUT2D eigenvalue weighted by molar-refractivity contribution is -0.116. The SMILES string of the molecule is Cc1cc(N2C(=O)CCS2(=O)=O)ccc1S(=O)(=O)NCC(c1cccs1)N1CCCCC1. The minimum absolute atomic E-state index is 0.0305. The molecule has 2 saturated heterocycles. The molecule has 8 nitrogen and oxygen atoms in total. The van der Waals surface area contributed by atoms with Crippen molar-refractivity contribution >= 4 is 43.0 Å². The fourth-order valence-electron chi connectivity index (χ4n) is 4.32. The maximum Gasteiger partial charge on any atom is 0.242 e.